The van der Waals surface area contributed by atoms with Gasteiger partial charge in [-0.25, -0.2) is 0 Å². The van der Waals surface area contributed by atoms with Gasteiger partial charge in [0.2, 0.25) is 0 Å². The number of hydrogen-bond acceptors (Lipinski definition) is 3. The summed E-state index contributed by atoms with van der Waals surface area (Å²) >= 11 is 3.43. The maximum absolute atomic E-state index is 11.2. The Bertz CT molecular complexity index is 511. The molecule has 19 heavy (non-hydrogen) atoms. The van der Waals surface area contributed by atoms with Crippen LogP contribution >= 0.6 is 15.9 Å². The van der Waals surface area contributed by atoms with Crippen LogP contribution in [0.25, 0.3) is 0 Å². The van der Waals surface area contributed by atoms with Crippen LogP contribution in [-0.2, 0) is 10.2 Å². The fourth-order valence-corrected chi connectivity index (χ4v) is 2.92. The van der Waals surface area contributed by atoms with Crippen LogP contribution in [0.5, 0.6) is 0 Å². The summed E-state index contributed by atoms with van der Waals surface area (Å²) < 4.78 is 0.945. The van der Waals surface area contributed by atoms with Gasteiger partial charge in [-0.2, -0.15) is 0 Å². The molecule has 1 saturated carbocycles. The predicted molar refractivity (Wildman–Crippen MR) is 75.6 cm³/mol. The van der Waals surface area contributed by atoms with Crippen molar-refractivity contribution in [3.8, 4) is 0 Å². The Morgan fingerprint density at radius 1 is 1.53 bits per heavy atom. The first kappa shape index (κ1) is 14.2. The second-order valence-electron chi connectivity index (χ2n) is 5.20. The number of nitrogens with zero attached hydrogens (tertiary/aromatic N) is 1. The summed E-state index contributed by atoms with van der Waals surface area (Å²) in [5, 5.41) is 8.81. The number of carbonyl (C=O) groups is 2. The van der Waals surface area contributed by atoms with Gasteiger partial charge in [0.05, 0.1) is 6.54 Å². The second kappa shape index (κ2) is 5.43. The molecule has 1 aromatic carbocycles. The molecule has 0 saturated heterocycles. The summed E-state index contributed by atoms with van der Waals surface area (Å²) in [4.78, 5) is 23.7. The molecule has 4 nitrogen and oxygen atoms in total. The number of carboxylic acids is 1. The lowest BCUT2D eigenvalue weighted by atomic mass is 9.91. The minimum absolute atomic E-state index is 0.0200. The molecule has 1 aromatic rings. The van der Waals surface area contributed by atoms with Crippen LogP contribution in [0.1, 0.15) is 28.8 Å². The Labute approximate surface area is 120 Å². The molecule has 0 atom stereocenters. The van der Waals surface area contributed by atoms with Gasteiger partial charge in [0, 0.05) is 22.0 Å². The van der Waals surface area contributed by atoms with Crippen molar-refractivity contribution in [2.24, 2.45) is 0 Å². The largest absolute Gasteiger partial charge is 0.480 e. The SMILES string of the molecule is CN(CC(=O)O)CC1(c2cc(Br)ccc2C=O)CC1. The third-order valence-electron chi connectivity index (χ3n) is 3.54. The molecule has 5 heteroatoms. The van der Waals surface area contributed by atoms with Crippen LogP contribution in [0.3, 0.4) is 0 Å². The van der Waals surface area contributed by atoms with Crippen molar-refractivity contribution in [3.63, 3.8) is 0 Å². The average molecular weight is 326 g/mol. The van der Waals surface area contributed by atoms with Crippen LogP contribution in [-0.4, -0.2) is 42.4 Å². The Morgan fingerprint density at radius 3 is 2.74 bits per heavy atom. The molecular weight excluding hydrogens is 310 g/mol. The lowest BCUT2D eigenvalue weighted by Gasteiger charge is -2.24. The van der Waals surface area contributed by atoms with Gasteiger partial charge in [-0.1, -0.05) is 22.0 Å². The number of halogens is 1. The molecular formula is C14H16BrNO3. The first-order valence-electron chi connectivity index (χ1n) is 6.12. The van der Waals surface area contributed by atoms with Crippen LogP contribution in [0.4, 0.5) is 0 Å². The van der Waals surface area contributed by atoms with Gasteiger partial charge in [0.15, 0.2) is 0 Å². The number of benzene rings is 1. The van der Waals surface area contributed by atoms with E-state index in [9.17, 15) is 9.59 Å². The van der Waals surface area contributed by atoms with Crippen LogP contribution in [0.2, 0.25) is 0 Å². The molecule has 0 unspecified atom stereocenters. The highest BCUT2D eigenvalue weighted by Crippen LogP contribution is 2.50. The fourth-order valence-electron chi connectivity index (χ4n) is 2.56. The van der Waals surface area contributed by atoms with Crippen molar-refractivity contribution >= 4 is 28.2 Å². The van der Waals surface area contributed by atoms with E-state index in [1.807, 2.05) is 18.2 Å². The Balaban J connectivity index is 2.23. The smallest absolute Gasteiger partial charge is 0.317 e. The molecule has 1 fully saturated rings. The topological polar surface area (TPSA) is 57.6 Å². The van der Waals surface area contributed by atoms with Gasteiger partial charge >= 0.3 is 5.97 Å². The van der Waals surface area contributed by atoms with Crippen molar-refractivity contribution in [1.82, 2.24) is 4.90 Å². The fraction of sp³-hybridized carbons (Fsp3) is 0.429. The number of rotatable bonds is 6. The summed E-state index contributed by atoms with van der Waals surface area (Å²) in [5.74, 6) is -0.830. The highest BCUT2D eigenvalue weighted by atomic mass is 79.9. The molecule has 1 N–H and O–H groups in total. The highest BCUT2D eigenvalue weighted by Gasteiger charge is 2.46. The molecule has 102 valence electrons. The number of hydrogen-bond donors (Lipinski definition) is 1. The molecule has 0 amide bonds. The molecule has 1 aliphatic carbocycles. The summed E-state index contributed by atoms with van der Waals surface area (Å²) in [6.45, 7) is 0.683. The molecule has 0 heterocycles. The van der Waals surface area contributed by atoms with E-state index in [-0.39, 0.29) is 12.0 Å². The normalized spacial score (nSPS) is 16.4. The van der Waals surface area contributed by atoms with Gasteiger partial charge in [-0.05, 0) is 37.6 Å². The van der Waals surface area contributed by atoms with Crippen molar-refractivity contribution in [3.05, 3.63) is 33.8 Å². The van der Waals surface area contributed by atoms with E-state index in [1.54, 1.807) is 11.9 Å². The summed E-state index contributed by atoms with van der Waals surface area (Å²) in [6.07, 6.45) is 2.86. The quantitative estimate of drug-likeness (QED) is 0.815. The van der Waals surface area contributed by atoms with Crippen molar-refractivity contribution in [2.75, 3.05) is 20.1 Å². The zero-order valence-electron chi connectivity index (χ0n) is 10.7. The van der Waals surface area contributed by atoms with E-state index in [1.165, 1.54) is 0 Å². The van der Waals surface area contributed by atoms with Crippen molar-refractivity contribution in [2.45, 2.75) is 18.3 Å². The minimum atomic E-state index is -0.830. The summed E-state index contributed by atoms with van der Waals surface area (Å²) in [6, 6.07) is 5.64. The zero-order valence-corrected chi connectivity index (χ0v) is 12.3. The minimum Gasteiger partial charge on any atom is -0.480 e. The molecule has 1 aliphatic rings. The van der Waals surface area contributed by atoms with E-state index < -0.39 is 5.97 Å². The standard InChI is InChI=1S/C14H16BrNO3/c1-16(7-13(18)19)9-14(4-5-14)12-6-11(15)3-2-10(12)8-17/h2-3,6,8H,4-5,7,9H2,1H3,(H,18,19). The Kier molecular flexibility index (Phi) is 4.06. The van der Waals surface area contributed by atoms with Crippen LogP contribution < -0.4 is 0 Å². The Hall–Kier alpha value is -1.20. The third kappa shape index (κ3) is 3.22. The number of likely N-dealkylation sites (N-methyl/N-ethyl adjacent to an activating group) is 1. The maximum atomic E-state index is 11.2. The van der Waals surface area contributed by atoms with E-state index in [4.69, 9.17) is 5.11 Å². The number of carboxylic acid groups (broad SMARTS) is 1. The van der Waals surface area contributed by atoms with Gasteiger partial charge in [-0.3, -0.25) is 14.5 Å². The first-order chi connectivity index (χ1) is 8.97. The number of carbonyl (C=O) groups excluding carboxylic acids is 1. The first-order valence-corrected chi connectivity index (χ1v) is 6.92. The average Bonchev–Trinajstić information content (AvgIpc) is 3.08. The zero-order chi connectivity index (χ0) is 14.0. The van der Waals surface area contributed by atoms with Gasteiger partial charge in [0.25, 0.3) is 0 Å². The van der Waals surface area contributed by atoms with E-state index in [0.29, 0.717) is 12.1 Å². The van der Waals surface area contributed by atoms with Crippen LogP contribution in [0, 0.1) is 0 Å². The van der Waals surface area contributed by atoms with Crippen molar-refractivity contribution < 1.29 is 14.7 Å². The molecule has 0 aromatic heterocycles. The van der Waals surface area contributed by atoms with Gasteiger partial charge in [0.1, 0.15) is 6.29 Å². The summed E-state index contributed by atoms with van der Waals surface area (Å²) in [7, 11) is 1.80. The number of aliphatic carboxylic acids is 1. The predicted octanol–water partition coefficient (Wildman–Crippen LogP) is 2.31. The van der Waals surface area contributed by atoms with Gasteiger partial charge in [-0.15, -0.1) is 0 Å². The number of aldehydes is 1. The maximum Gasteiger partial charge on any atom is 0.317 e. The van der Waals surface area contributed by atoms with E-state index in [0.717, 1.165) is 29.2 Å². The van der Waals surface area contributed by atoms with Gasteiger partial charge < -0.3 is 5.11 Å². The third-order valence-corrected chi connectivity index (χ3v) is 4.04. The molecule has 0 radical (unpaired) electrons. The molecule has 0 spiro atoms. The Morgan fingerprint density at radius 2 is 2.21 bits per heavy atom. The lowest BCUT2D eigenvalue weighted by Crippen LogP contribution is -2.33. The second-order valence-corrected chi connectivity index (χ2v) is 6.11. The molecule has 0 aliphatic heterocycles. The van der Waals surface area contributed by atoms with Crippen molar-refractivity contribution in [1.29, 1.82) is 0 Å². The lowest BCUT2D eigenvalue weighted by molar-refractivity contribution is -0.138. The van der Waals surface area contributed by atoms with Crippen LogP contribution in [0.15, 0.2) is 22.7 Å². The molecule has 2 rings (SSSR count). The molecule has 0 bridgehead atoms. The summed E-state index contributed by atoms with van der Waals surface area (Å²) in [5.41, 5.74) is 1.66. The monoisotopic (exact) mass is 325 g/mol. The van der Waals surface area contributed by atoms with E-state index in [2.05, 4.69) is 15.9 Å². The highest BCUT2D eigenvalue weighted by molar-refractivity contribution is 9.10. The van der Waals surface area contributed by atoms with E-state index >= 15 is 0 Å².